The number of anilines is 1. The summed E-state index contributed by atoms with van der Waals surface area (Å²) in [6.07, 6.45) is 1.81. The van der Waals surface area contributed by atoms with Gasteiger partial charge in [0, 0.05) is 11.8 Å². The van der Waals surface area contributed by atoms with Crippen molar-refractivity contribution >= 4 is 11.8 Å². The summed E-state index contributed by atoms with van der Waals surface area (Å²) >= 11 is 0. The molecule has 0 radical (unpaired) electrons. The quantitative estimate of drug-likeness (QED) is 0.751. The molecular weight excluding hydrogens is 232 g/mol. The average molecular weight is 247 g/mol. The SMILES string of the molecule is C=Cc1ccc(N)c(C)c1.Fc1cccc(F)c1. The van der Waals surface area contributed by atoms with E-state index in [0.29, 0.717) is 0 Å². The highest BCUT2D eigenvalue weighted by atomic mass is 19.1. The molecule has 0 saturated heterocycles. The Hall–Kier alpha value is -2.16. The molecule has 0 aromatic heterocycles. The monoisotopic (exact) mass is 247 g/mol. The van der Waals surface area contributed by atoms with Crippen molar-refractivity contribution in [1.29, 1.82) is 0 Å². The molecule has 1 nitrogen and oxygen atoms in total. The lowest BCUT2D eigenvalue weighted by molar-refractivity contribution is 0.583. The van der Waals surface area contributed by atoms with Gasteiger partial charge in [0.15, 0.2) is 0 Å². The van der Waals surface area contributed by atoms with Crippen molar-refractivity contribution in [3.63, 3.8) is 0 Å². The molecule has 0 bridgehead atoms. The Bertz CT molecular complexity index is 519. The van der Waals surface area contributed by atoms with E-state index in [1.54, 1.807) is 0 Å². The molecule has 2 aromatic rings. The van der Waals surface area contributed by atoms with Crippen LogP contribution >= 0.6 is 0 Å². The molecule has 0 aliphatic heterocycles. The lowest BCUT2D eigenvalue weighted by Crippen LogP contribution is -1.88. The molecule has 3 heteroatoms. The van der Waals surface area contributed by atoms with Crippen molar-refractivity contribution in [3.05, 3.63) is 71.8 Å². The fourth-order valence-electron chi connectivity index (χ4n) is 1.29. The Morgan fingerprint density at radius 3 is 2.06 bits per heavy atom. The van der Waals surface area contributed by atoms with Gasteiger partial charge in [-0.05, 0) is 36.2 Å². The largest absolute Gasteiger partial charge is 0.399 e. The summed E-state index contributed by atoms with van der Waals surface area (Å²) in [5.41, 5.74) is 8.67. The summed E-state index contributed by atoms with van der Waals surface area (Å²) in [7, 11) is 0. The zero-order chi connectivity index (χ0) is 13.5. The molecule has 0 amide bonds. The zero-order valence-corrected chi connectivity index (χ0v) is 10.2. The number of nitrogen functional groups attached to an aromatic ring is 1. The van der Waals surface area contributed by atoms with Crippen LogP contribution in [0.1, 0.15) is 11.1 Å². The Morgan fingerprint density at radius 2 is 1.67 bits per heavy atom. The van der Waals surface area contributed by atoms with Gasteiger partial charge in [0.1, 0.15) is 11.6 Å². The minimum atomic E-state index is -0.537. The molecule has 0 saturated carbocycles. The first kappa shape index (κ1) is 13.9. The number of benzene rings is 2. The molecule has 0 aliphatic carbocycles. The predicted molar refractivity (Wildman–Crippen MR) is 72.0 cm³/mol. The normalized spacial score (nSPS) is 9.28. The highest BCUT2D eigenvalue weighted by Gasteiger charge is 1.91. The first-order chi connectivity index (χ1) is 8.52. The fraction of sp³-hybridized carbons (Fsp3) is 0.0667. The summed E-state index contributed by atoms with van der Waals surface area (Å²) in [5, 5.41) is 0. The number of halogens is 2. The van der Waals surface area contributed by atoms with Crippen LogP contribution in [0.4, 0.5) is 14.5 Å². The van der Waals surface area contributed by atoms with Crippen LogP contribution in [0, 0.1) is 18.6 Å². The van der Waals surface area contributed by atoms with E-state index in [0.717, 1.165) is 22.9 Å². The Balaban J connectivity index is 0.000000184. The van der Waals surface area contributed by atoms with Gasteiger partial charge in [-0.3, -0.25) is 0 Å². The predicted octanol–water partition coefficient (Wildman–Crippen LogP) is 4.19. The van der Waals surface area contributed by atoms with Crippen LogP contribution in [0.5, 0.6) is 0 Å². The van der Waals surface area contributed by atoms with Gasteiger partial charge in [0.2, 0.25) is 0 Å². The minimum Gasteiger partial charge on any atom is -0.399 e. The molecule has 0 fully saturated rings. The maximum atomic E-state index is 11.9. The van der Waals surface area contributed by atoms with E-state index in [-0.39, 0.29) is 0 Å². The lowest BCUT2D eigenvalue weighted by Gasteiger charge is -1.99. The van der Waals surface area contributed by atoms with Crippen LogP contribution in [-0.2, 0) is 0 Å². The second-order valence-electron chi connectivity index (χ2n) is 3.76. The van der Waals surface area contributed by atoms with E-state index in [9.17, 15) is 8.78 Å². The summed E-state index contributed by atoms with van der Waals surface area (Å²) in [4.78, 5) is 0. The summed E-state index contributed by atoms with van der Waals surface area (Å²) in [5.74, 6) is -1.07. The van der Waals surface area contributed by atoms with Gasteiger partial charge < -0.3 is 5.73 Å². The molecule has 0 spiro atoms. The topological polar surface area (TPSA) is 26.0 Å². The van der Waals surface area contributed by atoms with Crippen molar-refractivity contribution in [2.75, 3.05) is 5.73 Å². The maximum absolute atomic E-state index is 11.9. The first-order valence-corrected chi connectivity index (χ1v) is 5.42. The fourth-order valence-corrected chi connectivity index (χ4v) is 1.29. The number of rotatable bonds is 1. The number of hydrogen-bond acceptors (Lipinski definition) is 1. The van der Waals surface area contributed by atoms with Crippen LogP contribution in [0.2, 0.25) is 0 Å². The van der Waals surface area contributed by atoms with E-state index in [4.69, 9.17) is 5.73 Å². The van der Waals surface area contributed by atoms with Crippen LogP contribution in [0.3, 0.4) is 0 Å². The number of aryl methyl sites for hydroxylation is 1. The molecule has 94 valence electrons. The van der Waals surface area contributed by atoms with E-state index >= 15 is 0 Å². The van der Waals surface area contributed by atoms with Gasteiger partial charge in [0.05, 0.1) is 0 Å². The average Bonchev–Trinajstić information content (AvgIpc) is 2.33. The third kappa shape index (κ3) is 4.37. The minimum absolute atomic E-state index is 0.537. The van der Waals surface area contributed by atoms with Gasteiger partial charge in [-0.15, -0.1) is 0 Å². The number of nitrogens with two attached hydrogens (primary N) is 1. The summed E-state index contributed by atoms with van der Waals surface area (Å²) < 4.78 is 23.9. The molecule has 2 N–H and O–H groups in total. The molecule has 0 aliphatic rings. The van der Waals surface area contributed by atoms with E-state index in [1.165, 1.54) is 18.2 Å². The zero-order valence-electron chi connectivity index (χ0n) is 10.2. The first-order valence-electron chi connectivity index (χ1n) is 5.42. The van der Waals surface area contributed by atoms with Gasteiger partial charge in [0.25, 0.3) is 0 Å². The van der Waals surface area contributed by atoms with Crippen molar-refractivity contribution < 1.29 is 8.78 Å². The van der Waals surface area contributed by atoms with E-state index in [2.05, 4.69) is 6.58 Å². The molecule has 2 aromatic carbocycles. The molecule has 0 atom stereocenters. The van der Waals surface area contributed by atoms with Crippen molar-refractivity contribution in [1.82, 2.24) is 0 Å². The molecule has 0 heterocycles. The standard InChI is InChI=1S/C9H11N.C6H4F2/c1-3-8-4-5-9(10)7(2)6-8;7-5-2-1-3-6(8)4-5/h3-6H,1,10H2,2H3;1-4H. The van der Waals surface area contributed by atoms with Crippen molar-refractivity contribution in [2.24, 2.45) is 0 Å². The second-order valence-corrected chi connectivity index (χ2v) is 3.76. The third-order valence-electron chi connectivity index (χ3n) is 2.32. The van der Waals surface area contributed by atoms with E-state index in [1.807, 2.05) is 31.2 Å². The smallest absolute Gasteiger partial charge is 0.126 e. The molecular formula is C15H15F2N. The van der Waals surface area contributed by atoms with Gasteiger partial charge >= 0.3 is 0 Å². The van der Waals surface area contributed by atoms with Gasteiger partial charge in [-0.25, -0.2) is 8.78 Å². The highest BCUT2D eigenvalue weighted by molar-refractivity contribution is 5.56. The molecule has 2 rings (SSSR count). The van der Waals surface area contributed by atoms with Crippen LogP contribution in [0.25, 0.3) is 6.08 Å². The van der Waals surface area contributed by atoms with Crippen molar-refractivity contribution in [3.8, 4) is 0 Å². The molecule has 18 heavy (non-hydrogen) atoms. The second kappa shape index (κ2) is 6.55. The van der Waals surface area contributed by atoms with Crippen LogP contribution in [-0.4, -0.2) is 0 Å². The van der Waals surface area contributed by atoms with Crippen molar-refractivity contribution in [2.45, 2.75) is 6.92 Å². The van der Waals surface area contributed by atoms with Crippen LogP contribution < -0.4 is 5.73 Å². The number of hydrogen-bond donors (Lipinski definition) is 1. The van der Waals surface area contributed by atoms with Gasteiger partial charge in [-0.1, -0.05) is 30.9 Å². The lowest BCUT2D eigenvalue weighted by atomic mass is 10.1. The third-order valence-corrected chi connectivity index (χ3v) is 2.32. The maximum Gasteiger partial charge on any atom is 0.126 e. The van der Waals surface area contributed by atoms with Crippen LogP contribution in [0.15, 0.2) is 49.0 Å². The summed E-state index contributed by atoms with van der Waals surface area (Å²) in [6.45, 7) is 5.65. The highest BCUT2D eigenvalue weighted by Crippen LogP contribution is 2.12. The van der Waals surface area contributed by atoms with Gasteiger partial charge in [-0.2, -0.15) is 0 Å². The summed E-state index contributed by atoms with van der Waals surface area (Å²) in [6, 6.07) is 10.4. The Labute approximate surface area is 106 Å². The Kier molecular flexibility index (Phi) is 5.06. The Morgan fingerprint density at radius 1 is 1.06 bits per heavy atom. The van der Waals surface area contributed by atoms with E-state index < -0.39 is 11.6 Å². The molecule has 0 unspecified atom stereocenters.